The monoisotopic (exact) mass is 589 g/mol. The van der Waals surface area contributed by atoms with Gasteiger partial charge in [-0.25, -0.2) is 0 Å². The van der Waals surface area contributed by atoms with E-state index in [0.29, 0.717) is 48.6 Å². The molecule has 2 N–H and O–H groups in total. The Balaban J connectivity index is 0.000000336. The fourth-order valence-electron chi connectivity index (χ4n) is 5.31. The van der Waals surface area contributed by atoms with Crippen molar-refractivity contribution in [2.75, 3.05) is 51.6 Å². The molecule has 2 aromatic carbocycles. The molecule has 0 aliphatic carbocycles. The van der Waals surface area contributed by atoms with Crippen molar-refractivity contribution < 1.29 is 14.4 Å². The quantitative estimate of drug-likeness (QED) is 0.427. The van der Waals surface area contributed by atoms with E-state index in [1.807, 2.05) is 49.5 Å². The van der Waals surface area contributed by atoms with Crippen LogP contribution in [0, 0.1) is 5.92 Å². The Morgan fingerprint density at radius 3 is 2.35 bits per heavy atom. The summed E-state index contributed by atoms with van der Waals surface area (Å²) in [6.45, 7) is 12.3. The van der Waals surface area contributed by atoms with E-state index in [4.69, 9.17) is 23.2 Å². The number of benzene rings is 2. The smallest absolute Gasteiger partial charge is 0.249 e. The summed E-state index contributed by atoms with van der Waals surface area (Å²) in [4.78, 5) is 40.5. The number of rotatable bonds is 9. The van der Waals surface area contributed by atoms with Gasteiger partial charge in [0.05, 0.1) is 0 Å². The van der Waals surface area contributed by atoms with Crippen LogP contribution >= 0.6 is 23.2 Å². The molecule has 0 radical (unpaired) electrons. The van der Waals surface area contributed by atoms with Gasteiger partial charge < -0.3 is 20.4 Å². The minimum Gasteiger partial charge on any atom is -0.342 e. The number of carbonyl (C=O) groups excluding carboxylic acids is 3. The Morgan fingerprint density at radius 1 is 1.10 bits per heavy atom. The molecule has 2 unspecified atom stereocenters. The van der Waals surface area contributed by atoms with E-state index >= 15 is 0 Å². The summed E-state index contributed by atoms with van der Waals surface area (Å²) in [5.41, 5.74) is 1.96. The standard InChI is InChI=1S/C23H29Cl2N3O.C7H12N2O2/c1-15(2)16(3)28(11-10-26-4)23(14-17-6-5-7-18(24)12-17)20-9-8-19(25)13-21(20)27-22(23)29;1-7(11)9-4-2-8(6-10)3-5-9/h5-9,12-13,15-16,26H,10-11,14H2,1-4H3,(H,27,29);6H,2-5H2,1H3. The van der Waals surface area contributed by atoms with Gasteiger partial charge in [0.25, 0.3) is 0 Å². The highest BCUT2D eigenvalue weighted by molar-refractivity contribution is 6.31. The van der Waals surface area contributed by atoms with Crippen molar-refractivity contribution in [1.82, 2.24) is 20.0 Å². The summed E-state index contributed by atoms with van der Waals surface area (Å²) < 4.78 is 0. The zero-order valence-electron chi connectivity index (χ0n) is 24.0. The van der Waals surface area contributed by atoms with Gasteiger partial charge in [0.15, 0.2) is 0 Å². The molecule has 0 aromatic heterocycles. The molecule has 2 aliphatic heterocycles. The molecule has 1 fully saturated rings. The van der Waals surface area contributed by atoms with Gasteiger partial charge in [-0.3, -0.25) is 19.3 Å². The lowest BCUT2D eigenvalue weighted by Gasteiger charge is -2.45. The van der Waals surface area contributed by atoms with Crippen molar-refractivity contribution in [3.63, 3.8) is 0 Å². The van der Waals surface area contributed by atoms with Crippen LogP contribution in [0.15, 0.2) is 42.5 Å². The first-order valence-corrected chi connectivity index (χ1v) is 14.5. The predicted molar refractivity (Wildman–Crippen MR) is 162 cm³/mol. The number of fused-ring (bicyclic) bond motifs is 1. The molecule has 2 atom stereocenters. The van der Waals surface area contributed by atoms with E-state index in [1.54, 1.807) is 16.7 Å². The van der Waals surface area contributed by atoms with Crippen molar-refractivity contribution in [3.05, 3.63) is 63.6 Å². The first-order chi connectivity index (χ1) is 19.0. The van der Waals surface area contributed by atoms with E-state index < -0.39 is 5.54 Å². The number of hydrogen-bond donors (Lipinski definition) is 2. The Kier molecular flexibility index (Phi) is 11.4. The molecule has 4 rings (SSSR count). The third kappa shape index (κ3) is 7.35. The van der Waals surface area contributed by atoms with E-state index in [9.17, 15) is 14.4 Å². The van der Waals surface area contributed by atoms with Crippen molar-refractivity contribution in [2.45, 2.75) is 45.7 Å². The molecule has 2 heterocycles. The molecule has 218 valence electrons. The maximum Gasteiger partial charge on any atom is 0.249 e. The Hall–Kier alpha value is -2.65. The van der Waals surface area contributed by atoms with Gasteiger partial charge >= 0.3 is 0 Å². The van der Waals surface area contributed by atoms with E-state index in [-0.39, 0.29) is 17.9 Å². The predicted octanol–water partition coefficient (Wildman–Crippen LogP) is 4.26. The summed E-state index contributed by atoms with van der Waals surface area (Å²) in [5, 5.41) is 7.62. The fraction of sp³-hybridized carbons (Fsp3) is 0.500. The molecule has 40 heavy (non-hydrogen) atoms. The summed E-state index contributed by atoms with van der Waals surface area (Å²) in [7, 11) is 1.93. The number of nitrogens with one attached hydrogen (secondary N) is 2. The van der Waals surface area contributed by atoms with Crippen LogP contribution in [0.1, 0.15) is 38.8 Å². The molecule has 0 saturated carbocycles. The number of carbonyl (C=O) groups is 3. The molecule has 0 bridgehead atoms. The lowest BCUT2D eigenvalue weighted by Crippen LogP contribution is -2.58. The average Bonchev–Trinajstić information content (AvgIpc) is 3.19. The lowest BCUT2D eigenvalue weighted by atomic mass is 9.81. The number of likely N-dealkylation sites (N-methyl/N-ethyl adjacent to an activating group) is 1. The van der Waals surface area contributed by atoms with Crippen LogP contribution in [0.3, 0.4) is 0 Å². The summed E-state index contributed by atoms with van der Waals surface area (Å²) in [6, 6.07) is 13.6. The summed E-state index contributed by atoms with van der Waals surface area (Å²) >= 11 is 12.5. The third-order valence-corrected chi connectivity index (χ3v) is 8.33. The number of anilines is 1. The normalized spacial score (nSPS) is 19.2. The van der Waals surface area contributed by atoms with Crippen LogP contribution in [0.4, 0.5) is 5.69 Å². The Bertz CT molecular complexity index is 1190. The van der Waals surface area contributed by atoms with E-state index in [0.717, 1.165) is 36.3 Å². The molecule has 3 amide bonds. The first kappa shape index (κ1) is 31.9. The van der Waals surface area contributed by atoms with Crippen LogP contribution in [0.2, 0.25) is 10.0 Å². The van der Waals surface area contributed by atoms with Crippen molar-refractivity contribution >= 4 is 47.1 Å². The molecule has 10 heteroatoms. The minimum absolute atomic E-state index is 0.0154. The molecule has 8 nitrogen and oxygen atoms in total. The fourth-order valence-corrected chi connectivity index (χ4v) is 5.69. The highest BCUT2D eigenvalue weighted by atomic mass is 35.5. The van der Waals surface area contributed by atoms with Gasteiger partial charge in [-0.15, -0.1) is 0 Å². The molecular weight excluding hydrogens is 549 g/mol. The topological polar surface area (TPSA) is 85.0 Å². The second-order valence-corrected chi connectivity index (χ2v) is 11.6. The molecule has 2 aromatic rings. The van der Waals surface area contributed by atoms with Crippen LogP contribution < -0.4 is 10.6 Å². The van der Waals surface area contributed by atoms with Gasteiger partial charge in [-0.05, 0) is 49.7 Å². The van der Waals surface area contributed by atoms with Crippen LogP contribution in [0.25, 0.3) is 0 Å². The lowest BCUT2D eigenvalue weighted by molar-refractivity contribution is -0.133. The number of nitrogens with zero attached hydrogens (tertiary/aromatic N) is 3. The SMILES string of the molecule is CC(=O)N1CCN(C=O)CC1.CNCCN(C(C)C(C)C)C1(Cc2cccc(Cl)c2)C(=O)Nc2cc(Cl)ccc21. The molecule has 1 saturated heterocycles. The number of hydrogen-bond acceptors (Lipinski definition) is 5. The van der Waals surface area contributed by atoms with Gasteiger partial charge in [0.1, 0.15) is 5.54 Å². The van der Waals surface area contributed by atoms with Gasteiger partial charge in [0, 0.05) is 80.0 Å². The molecule has 0 spiro atoms. The second-order valence-electron chi connectivity index (χ2n) is 10.7. The largest absolute Gasteiger partial charge is 0.342 e. The molecule has 2 aliphatic rings. The maximum absolute atomic E-state index is 13.6. The van der Waals surface area contributed by atoms with Crippen LogP contribution in [-0.4, -0.2) is 85.3 Å². The van der Waals surface area contributed by atoms with Gasteiger partial charge in [0.2, 0.25) is 18.2 Å². The number of amides is 3. The highest BCUT2D eigenvalue weighted by Gasteiger charge is 2.52. The third-order valence-electron chi connectivity index (χ3n) is 7.86. The number of halogens is 2. The Morgan fingerprint density at radius 2 is 1.77 bits per heavy atom. The van der Waals surface area contributed by atoms with Crippen molar-refractivity contribution in [1.29, 1.82) is 0 Å². The second kappa shape index (κ2) is 14.3. The summed E-state index contributed by atoms with van der Waals surface area (Å²) in [5.74, 6) is 0.459. The first-order valence-electron chi connectivity index (χ1n) is 13.8. The van der Waals surface area contributed by atoms with Crippen LogP contribution in [0.5, 0.6) is 0 Å². The van der Waals surface area contributed by atoms with Crippen LogP contribution in [-0.2, 0) is 26.3 Å². The molecular formula is C30H41Cl2N5O3. The zero-order valence-corrected chi connectivity index (χ0v) is 25.6. The average molecular weight is 591 g/mol. The zero-order chi connectivity index (χ0) is 29.4. The van der Waals surface area contributed by atoms with E-state index in [1.165, 1.54) is 0 Å². The van der Waals surface area contributed by atoms with E-state index in [2.05, 4.69) is 36.3 Å². The highest BCUT2D eigenvalue weighted by Crippen LogP contribution is 2.45. The van der Waals surface area contributed by atoms with Gasteiger partial charge in [-0.2, -0.15) is 0 Å². The van der Waals surface area contributed by atoms with Crippen molar-refractivity contribution in [3.8, 4) is 0 Å². The maximum atomic E-state index is 13.6. The summed E-state index contributed by atoms with van der Waals surface area (Å²) in [6.07, 6.45) is 1.37. The van der Waals surface area contributed by atoms with Crippen molar-refractivity contribution in [2.24, 2.45) is 5.92 Å². The Labute approximate surface area is 248 Å². The minimum atomic E-state index is -0.828. The number of piperazine rings is 1. The van der Waals surface area contributed by atoms with Gasteiger partial charge in [-0.1, -0.05) is 55.2 Å².